The zero-order valence-electron chi connectivity index (χ0n) is 10.7. The van der Waals surface area contributed by atoms with Gasteiger partial charge in [-0.05, 0) is 37.1 Å². The lowest BCUT2D eigenvalue weighted by Gasteiger charge is -2.31. The van der Waals surface area contributed by atoms with Gasteiger partial charge < -0.3 is 10.6 Å². The molecule has 1 aliphatic rings. The molecule has 5 heteroatoms. The molecule has 0 atom stereocenters. The molecule has 0 unspecified atom stereocenters. The molecule has 1 aromatic rings. The van der Waals surface area contributed by atoms with E-state index in [0.29, 0.717) is 18.0 Å². The fourth-order valence-corrected chi connectivity index (χ4v) is 3.79. The summed E-state index contributed by atoms with van der Waals surface area (Å²) in [6, 6.07) is 5.76. The maximum absolute atomic E-state index is 12.1. The summed E-state index contributed by atoms with van der Waals surface area (Å²) in [5.74, 6) is 0.206. The Morgan fingerprint density at radius 1 is 1.39 bits per heavy atom. The van der Waals surface area contributed by atoms with Crippen molar-refractivity contribution in [2.75, 3.05) is 30.3 Å². The number of anilines is 1. The fraction of sp³-hybridized carbons (Fsp3) is 0.538. The Morgan fingerprint density at radius 2 is 2.17 bits per heavy atom. The second-order valence-electron chi connectivity index (χ2n) is 4.60. The summed E-state index contributed by atoms with van der Waals surface area (Å²) < 4.78 is 24.2. The molecule has 0 saturated heterocycles. The van der Waals surface area contributed by atoms with E-state index in [1.807, 2.05) is 25.1 Å². The minimum atomic E-state index is -3.11. The second-order valence-corrected chi connectivity index (χ2v) is 6.68. The molecule has 0 saturated carbocycles. The van der Waals surface area contributed by atoms with E-state index in [9.17, 15) is 8.42 Å². The molecule has 4 nitrogen and oxygen atoms in total. The van der Waals surface area contributed by atoms with Crippen molar-refractivity contribution in [2.24, 2.45) is 5.73 Å². The zero-order valence-corrected chi connectivity index (χ0v) is 11.5. The molecule has 0 aromatic heterocycles. The molecular weight excluding hydrogens is 248 g/mol. The SMILES string of the molecule is CCc1ccc2c(c1)S(=O)(=O)CCN2CCCN. The Bertz CT molecular complexity index is 526. The molecule has 1 aromatic carbocycles. The maximum atomic E-state index is 12.1. The average Bonchev–Trinajstić information content (AvgIpc) is 2.38. The Balaban J connectivity index is 2.41. The highest BCUT2D eigenvalue weighted by atomic mass is 32.2. The maximum Gasteiger partial charge on any atom is 0.182 e. The van der Waals surface area contributed by atoms with Crippen molar-refractivity contribution in [3.05, 3.63) is 23.8 Å². The average molecular weight is 268 g/mol. The van der Waals surface area contributed by atoms with E-state index in [1.165, 1.54) is 0 Å². The van der Waals surface area contributed by atoms with Crippen molar-refractivity contribution < 1.29 is 8.42 Å². The molecule has 0 fully saturated rings. The van der Waals surface area contributed by atoms with Gasteiger partial charge in [-0.3, -0.25) is 0 Å². The van der Waals surface area contributed by atoms with Crippen LogP contribution in [0.5, 0.6) is 0 Å². The number of benzene rings is 1. The molecule has 2 rings (SSSR count). The Labute approximate surface area is 109 Å². The third-order valence-electron chi connectivity index (χ3n) is 3.37. The van der Waals surface area contributed by atoms with E-state index >= 15 is 0 Å². The minimum absolute atomic E-state index is 0.206. The first kappa shape index (κ1) is 13.4. The molecule has 0 aliphatic carbocycles. The number of hydrogen-bond acceptors (Lipinski definition) is 4. The van der Waals surface area contributed by atoms with Crippen LogP contribution in [-0.2, 0) is 16.3 Å². The number of fused-ring (bicyclic) bond motifs is 1. The third-order valence-corrected chi connectivity index (χ3v) is 5.09. The highest BCUT2D eigenvalue weighted by Crippen LogP contribution is 2.31. The first-order chi connectivity index (χ1) is 8.58. The quantitative estimate of drug-likeness (QED) is 0.891. The van der Waals surface area contributed by atoms with Crippen LogP contribution < -0.4 is 10.6 Å². The molecule has 0 spiro atoms. The van der Waals surface area contributed by atoms with Crippen molar-refractivity contribution >= 4 is 15.5 Å². The van der Waals surface area contributed by atoms with Crippen molar-refractivity contribution in [3.8, 4) is 0 Å². The smallest absolute Gasteiger partial charge is 0.182 e. The molecule has 18 heavy (non-hydrogen) atoms. The topological polar surface area (TPSA) is 63.4 Å². The Morgan fingerprint density at radius 3 is 2.83 bits per heavy atom. The van der Waals surface area contributed by atoms with Gasteiger partial charge >= 0.3 is 0 Å². The van der Waals surface area contributed by atoms with Gasteiger partial charge in [-0.15, -0.1) is 0 Å². The van der Waals surface area contributed by atoms with E-state index in [0.717, 1.165) is 30.6 Å². The van der Waals surface area contributed by atoms with Crippen LogP contribution in [0.4, 0.5) is 5.69 Å². The summed E-state index contributed by atoms with van der Waals surface area (Å²) >= 11 is 0. The van der Waals surface area contributed by atoms with Crippen LogP contribution in [0.1, 0.15) is 18.9 Å². The first-order valence-corrected chi connectivity index (χ1v) is 8.04. The lowest BCUT2D eigenvalue weighted by molar-refractivity contribution is 0.588. The zero-order chi connectivity index (χ0) is 13.2. The van der Waals surface area contributed by atoms with Gasteiger partial charge in [0.2, 0.25) is 0 Å². The molecule has 0 bridgehead atoms. The number of nitrogens with two attached hydrogens (primary N) is 1. The predicted molar refractivity (Wildman–Crippen MR) is 73.8 cm³/mol. The monoisotopic (exact) mass is 268 g/mol. The number of aryl methyl sites for hydroxylation is 1. The van der Waals surface area contributed by atoms with Gasteiger partial charge in [-0.1, -0.05) is 13.0 Å². The second kappa shape index (κ2) is 5.28. The van der Waals surface area contributed by atoms with E-state index in [2.05, 4.69) is 4.90 Å². The van der Waals surface area contributed by atoms with Crippen LogP contribution >= 0.6 is 0 Å². The highest BCUT2D eigenvalue weighted by Gasteiger charge is 2.27. The summed E-state index contributed by atoms with van der Waals surface area (Å²) in [6.45, 7) is 4.06. The summed E-state index contributed by atoms with van der Waals surface area (Å²) in [6.07, 6.45) is 1.74. The fourth-order valence-electron chi connectivity index (χ4n) is 2.26. The molecule has 1 heterocycles. The summed E-state index contributed by atoms with van der Waals surface area (Å²) in [4.78, 5) is 2.62. The number of rotatable bonds is 4. The van der Waals surface area contributed by atoms with E-state index in [-0.39, 0.29) is 5.75 Å². The van der Waals surface area contributed by atoms with Crippen molar-refractivity contribution in [1.82, 2.24) is 0 Å². The van der Waals surface area contributed by atoms with E-state index in [1.54, 1.807) is 0 Å². The highest BCUT2D eigenvalue weighted by molar-refractivity contribution is 7.91. The predicted octanol–water partition coefficient (Wildman–Crippen LogP) is 1.19. The largest absolute Gasteiger partial charge is 0.369 e. The van der Waals surface area contributed by atoms with Gasteiger partial charge in [-0.2, -0.15) is 0 Å². The van der Waals surface area contributed by atoms with E-state index < -0.39 is 9.84 Å². The van der Waals surface area contributed by atoms with Crippen molar-refractivity contribution in [1.29, 1.82) is 0 Å². The summed E-state index contributed by atoms with van der Waals surface area (Å²) in [5.41, 5.74) is 7.43. The van der Waals surface area contributed by atoms with Gasteiger partial charge in [0.25, 0.3) is 0 Å². The number of hydrogen-bond donors (Lipinski definition) is 1. The van der Waals surface area contributed by atoms with Gasteiger partial charge in [0.15, 0.2) is 9.84 Å². The normalized spacial score (nSPS) is 17.6. The third kappa shape index (κ3) is 2.52. The van der Waals surface area contributed by atoms with Crippen LogP contribution in [0.2, 0.25) is 0 Å². The molecule has 2 N–H and O–H groups in total. The van der Waals surface area contributed by atoms with Crippen LogP contribution in [0.15, 0.2) is 23.1 Å². The van der Waals surface area contributed by atoms with Crippen molar-refractivity contribution in [3.63, 3.8) is 0 Å². The van der Waals surface area contributed by atoms with E-state index in [4.69, 9.17) is 5.73 Å². The summed E-state index contributed by atoms with van der Waals surface area (Å²) in [5, 5.41) is 0. The van der Waals surface area contributed by atoms with Gasteiger partial charge in [-0.25, -0.2) is 8.42 Å². The molecular formula is C13H20N2O2S. The van der Waals surface area contributed by atoms with Crippen molar-refractivity contribution in [2.45, 2.75) is 24.7 Å². The molecule has 1 aliphatic heterocycles. The van der Waals surface area contributed by atoms with Gasteiger partial charge in [0, 0.05) is 13.1 Å². The summed E-state index contributed by atoms with van der Waals surface area (Å²) in [7, 11) is -3.11. The molecule has 100 valence electrons. The van der Waals surface area contributed by atoms with Crippen LogP contribution in [0, 0.1) is 0 Å². The standard InChI is InChI=1S/C13H20N2O2S/c1-2-11-4-5-12-13(10-11)18(16,17)9-8-15(12)7-3-6-14/h4-5,10H,2-3,6-9,14H2,1H3. The van der Waals surface area contributed by atoms with Crippen LogP contribution in [0.3, 0.4) is 0 Å². The lowest BCUT2D eigenvalue weighted by atomic mass is 10.1. The van der Waals surface area contributed by atoms with Crippen LogP contribution in [-0.4, -0.2) is 33.8 Å². The van der Waals surface area contributed by atoms with Gasteiger partial charge in [0.1, 0.15) is 0 Å². The molecule has 0 radical (unpaired) electrons. The molecule has 0 amide bonds. The Hall–Kier alpha value is -1.07. The number of sulfone groups is 1. The van der Waals surface area contributed by atoms with Gasteiger partial charge in [0.05, 0.1) is 16.3 Å². The number of nitrogens with zero attached hydrogens (tertiary/aromatic N) is 1. The van der Waals surface area contributed by atoms with Crippen LogP contribution in [0.25, 0.3) is 0 Å². The first-order valence-electron chi connectivity index (χ1n) is 6.39. The minimum Gasteiger partial charge on any atom is -0.369 e. The Kier molecular flexibility index (Phi) is 3.92. The lowest BCUT2D eigenvalue weighted by Crippen LogP contribution is -2.36.